The lowest BCUT2D eigenvalue weighted by Gasteiger charge is -2.21. The van der Waals surface area contributed by atoms with E-state index in [2.05, 4.69) is 5.32 Å². The van der Waals surface area contributed by atoms with Gasteiger partial charge in [0.2, 0.25) is 5.91 Å². The molecule has 0 spiro atoms. The Balaban J connectivity index is 1.80. The van der Waals surface area contributed by atoms with Crippen molar-refractivity contribution in [2.24, 2.45) is 0 Å². The monoisotopic (exact) mass is 464 g/mol. The fraction of sp³-hybridized carbons (Fsp3) is 0.231. The molecule has 0 saturated carbocycles. The van der Waals surface area contributed by atoms with E-state index in [1.165, 1.54) is 31.3 Å². The number of benzene rings is 3. The van der Waals surface area contributed by atoms with Gasteiger partial charge in [0.25, 0.3) is 5.91 Å². The molecule has 0 saturated heterocycles. The molecule has 7 nitrogen and oxygen atoms in total. The maximum Gasteiger partial charge on any atom is 0.256 e. The number of aliphatic hydroxyl groups excluding tert-OH is 1. The molecular weight excluding hydrogens is 439 g/mol. The maximum absolute atomic E-state index is 13.7. The van der Waals surface area contributed by atoms with Gasteiger partial charge in [-0.15, -0.1) is 0 Å². The van der Waals surface area contributed by atoms with Gasteiger partial charge >= 0.3 is 0 Å². The van der Waals surface area contributed by atoms with E-state index in [1.807, 2.05) is 0 Å². The Hall–Kier alpha value is -3.91. The van der Waals surface area contributed by atoms with Gasteiger partial charge in [-0.1, -0.05) is 6.07 Å². The highest BCUT2D eigenvalue weighted by molar-refractivity contribution is 6.12. The lowest BCUT2D eigenvalue weighted by molar-refractivity contribution is -0.116. The molecule has 176 valence electrons. The molecule has 0 aliphatic carbocycles. The van der Waals surface area contributed by atoms with Crippen LogP contribution in [0.15, 0.2) is 48.5 Å². The molecule has 4 rings (SSSR count). The normalized spacial score (nSPS) is 13.3. The second-order valence-corrected chi connectivity index (χ2v) is 8.11. The Morgan fingerprint density at radius 2 is 1.62 bits per heavy atom. The molecule has 0 fully saturated rings. The van der Waals surface area contributed by atoms with Crippen LogP contribution in [-0.2, 0) is 17.9 Å². The van der Waals surface area contributed by atoms with Gasteiger partial charge in [-0.25, -0.2) is 4.39 Å². The number of nitrogens with zero attached hydrogens (tertiary/aromatic N) is 1. The van der Waals surface area contributed by atoms with Crippen molar-refractivity contribution in [3.63, 3.8) is 0 Å². The molecule has 1 aliphatic rings. The number of nitrogens with one attached hydrogen (secondary N) is 1. The van der Waals surface area contributed by atoms with Crippen molar-refractivity contribution in [1.82, 2.24) is 4.90 Å². The van der Waals surface area contributed by atoms with Gasteiger partial charge in [0.1, 0.15) is 23.9 Å². The molecule has 8 heteroatoms. The molecule has 0 atom stereocenters. The number of rotatable bonds is 6. The predicted molar refractivity (Wildman–Crippen MR) is 125 cm³/mol. The van der Waals surface area contributed by atoms with Crippen molar-refractivity contribution in [2.75, 3.05) is 26.1 Å². The first kappa shape index (κ1) is 23.3. The first-order valence-electron chi connectivity index (χ1n) is 10.7. The molecule has 1 aliphatic heterocycles. The second kappa shape index (κ2) is 9.52. The number of ether oxygens (including phenoxy) is 2. The van der Waals surface area contributed by atoms with Gasteiger partial charge in [-0.05, 0) is 65.6 Å². The minimum atomic E-state index is -0.384. The van der Waals surface area contributed by atoms with E-state index in [9.17, 15) is 19.1 Å². The lowest BCUT2D eigenvalue weighted by Crippen LogP contribution is -2.34. The van der Waals surface area contributed by atoms with Crippen molar-refractivity contribution in [3.8, 4) is 22.6 Å². The number of carbonyl (C=O) groups is 2. The average Bonchev–Trinajstić information content (AvgIpc) is 2.94. The molecule has 2 amide bonds. The van der Waals surface area contributed by atoms with Gasteiger partial charge in [0.15, 0.2) is 0 Å². The first-order chi connectivity index (χ1) is 16.3. The smallest absolute Gasteiger partial charge is 0.256 e. The standard InChI is InChI=1S/C26H25FN2O5/c1-15-6-18(27)4-5-21(15)22-9-17(14-30)10-23-25(22)28-24(31)13-29(26(23)32)12-16-7-19(33-2)11-20(8-16)34-3/h4-11,30H,12-14H2,1-3H3,(H,28,31). The summed E-state index contributed by atoms with van der Waals surface area (Å²) in [7, 11) is 3.07. The Morgan fingerprint density at radius 3 is 2.24 bits per heavy atom. The minimum absolute atomic E-state index is 0.146. The number of carbonyl (C=O) groups excluding carboxylic acids is 2. The summed E-state index contributed by atoms with van der Waals surface area (Å²) in [5.74, 6) is 0.0213. The molecular formula is C26H25FN2O5. The molecule has 0 bridgehead atoms. The maximum atomic E-state index is 13.7. The van der Waals surface area contributed by atoms with Crippen LogP contribution in [0.5, 0.6) is 11.5 Å². The van der Waals surface area contributed by atoms with Crippen molar-refractivity contribution in [3.05, 3.63) is 76.6 Å². The second-order valence-electron chi connectivity index (χ2n) is 8.11. The van der Waals surface area contributed by atoms with Gasteiger partial charge in [-0.3, -0.25) is 9.59 Å². The number of anilines is 1. The highest BCUT2D eigenvalue weighted by atomic mass is 19.1. The SMILES string of the molecule is COc1cc(CN2CC(=O)Nc3c(cc(CO)cc3-c3ccc(F)cc3C)C2=O)cc(OC)c1. The predicted octanol–water partition coefficient (Wildman–Crippen LogP) is 3.91. The third kappa shape index (κ3) is 4.58. The van der Waals surface area contributed by atoms with Crippen LogP contribution >= 0.6 is 0 Å². The summed E-state index contributed by atoms with van der Waals surface area (Å²) in [6.45, 7) is 1.44. The zero-order chi connectivity index (χ0) is 24.4. The number of hydrogen-bond acceptors (Lipinski definition) is 5. The number of aliphatic hydroxyl groups is 1. The van der Waals surface area contributed by atoms with Gasteiger partial charge < -0.3 is 24.8 Å². The Labute approximate surface area is 196 Å². The number of methoxy groups -OCH3 is 2. The van der Waals surface area contributed by atoms with Crippen LogP contribution in [0.1, 0.15) is 27.0 Å². The largest absolute Gasteiger partial charge is 0.497 e. The molecule has 0 aromatic heterocycles. The number of halogens is 1. The first-order valence-corrected chi connectivity index (χ1v) is 10.7. The summed E-state index contributed by atoms with van der Waals surface area (Å²) < 4.78 is 24.3. The van der Waals surface area contributed by atoms with E-state index in [1.54, 1.807) is 43.3 Å². The molecule has 1 heterocycles. The third-order valence-electron chi connectivity index (χ3n) is 5.76. The van der Waals surface area contributed by atoms with Crippen LogP contribution < -0.4 is 14.8 Å². The quantitative estimate of drug-likeness (QED) is 0.578. The van der Waals surface area contributed by atoms with Crippen LogP contribution in [0, 0.1) is 12.7 Å². The average molecular weight is 464 g/mol. The van der Waals surface area contributed by atoms with Crippen LogP contribution in [0.2, 0.25) is 0 Å². The summed E-state index contributed by atoms with van der Waals surface area (Å²) in [6, 6.07) is 12.9. The van der Waals surface area contributed by atoms with Crippen molar-refractivity contribution >= 4 is 17.5 Å². The number of fused-ring (bicyclic) bond motifs is 1. The summed E-state index contributed by atoms with van der Waals surface area (Å²) in [5.41, 5.74) is 3.68. The van der Waals surface area contributed by atoms with E-state index >= 15 is 0 Å². The summed E-state index contributed by atoms with van der Waals surface area (Å²) in [6.07, 6.45) is 0. The minimum Gasteiger partial charge on any atom is -0.497 e. The Kier molecular flexibility index (Phi) is 6.51. The third-order valence-corrected chi connectivity index (χ3v) is 5.76. The van der Waals surface area contributed by atoms with E-state index < -0.39 is 0 Å². The van der Waals surface area contributed by atoms with E-state index in [-0.39, 0.29) is 42.9 Å². The Bertz CT molecular complexity index is 1250. The van der Waals surface area contributed by atoms with E-state index in [0.717, 1.165) is 5.56 Å². The highest BCUT2D eigenvalue weighted by Gasteiger charge is 2.29. The summed E-state index contributed by atoms with van der Waals surface area (Å²) in [5, 5.41) is 12.7. The van der Waals surface area contributed by atoms with Crippen molar-refractivity contribution in [1.29, 1.82) is 0 Å². The molecule has 3 aromatic carbocycles. The number of hydrogen-bond donors (Lipinski definition) is 2. The summed E-state index contributed by atoms with van der Waals surface area (Å²) >= 11 is 0. The molecule has 2 N–H and O–H groups in total. The van der Waals surface area contributed by atoms with Crippen LogP contribution in [0.4, 0.5) is 10.1 Å². The van der Waals surface area contributed by atoms with Gasteiger partial charge in [0, 0.05) is 18.2 Å². The molecule has 0 radical (unpaired) electrons. The summed E-state index contributed by atoms with van der Waals surface area (Å²) in [4.78, 5) is 27.9. The van der Waals surface area contributed by atoms with Crippen molar-refractivity contribution < 1.29 is 28.6 Å². The highest BCUT2D eigenvalue weighted by Crippen LogP contribution is 2.37. The lowest BCUT2D eigenvalue weighted by atomic mass is 9.93. The fourth-order valence-electron chi connectivity index (χ4n) is 4.14. The van der Waals surface area contributed by atoms with Crippen LogP contribution in [0.25, 0.3) is 11.1 Å². The topological polar surface area (TPSA) is 88.1 Å². The molecule has 34 heavy (non-hydrogen) atoms. The Morgan fingerprint density at radius 1 is 0.941 bits per heavy atom. The van der Waals surface area contributed by atoms with E-state index in [0.29, 0.717) is 39.4 Å². The number of amides is 2. The fourth-order valence-corrected chi connectivity index (χ4v) is 4.14. The molecule has 0 unspecified atom stereocenters. The van der Waals surface area contributed by atoms with Crippen LogP contribution in [-0.4, -0.2) is 42.6 Å². The van der Waals surface area contributed by atoms with E-state index in [4.69, 9.17) is 9.47 Å². The van der Waals surface area contributed by atoms with Gasteiger partial charge in [-0.2, -0.15) is 0 Å². The zero-order valence-corrected chi connectivity index (χ0v) is 19.1. The van der Waals surface area contributed by atoms with Gasteiger partial charge in [0.05, 0.1) is 32.1 Å². The zero-order valence-electron chi connectivity index (χ0n) is 19.1. The van der Waals surface area contributed by atoms with Crippen molar-refractivity contribution in [2.45, 2.75) is 20.1 Å². The molecule has 3 aromatic rings. The van der Waals surface area contributed by atoms with Crippen LogP contribution in [0.3, 0.4) is 0 Å². The number of aryl methyl sites for hydroxylation is 1.